The van der Waals surface area contributed by atoms with Crippen LogP contribution in [0.25, 0.3) is 0 Å². The first-order valence-electron chi connectivity index (χ1n) is 7.29. The van der Waals surface area contributed by atoms with Crippen LogP contribution in [0.4, 0.5) is 0 Å². The fraction of sp³-hybridized carbons (Fsp3) is 0.533. The summed E-state index contributed by atoms with van der Waals surface area (Å²) in [6.07, 6.45) is 3.42. The van der Waals surface area contributed by atoms with Gasteiger partial charge in [0.25, 0.3) is 0 Å². The molecule has 116 valence electrons. The Morgan fingerprint density at radius 1 is 1.24 bits per heavy atom. The van der Waals surface area contributed by atoms with Crippen LogP contribution in [0.3, 0.4) is 0 Å². The Morgan fingerprint density at radius 3 is 2.57 bits per heavy atom. The van der Waals surface area contributed by atoms with E-state index in [1.54, 1.807) is 30.3 Å². The van der Waals surface area contributed by atoms with Gasteiger partial charge < -0.3 is 11.1 Å². The van der Waals surface area contributed by atoms with Crippen LogP contribution < -0.4 is 11.1 Å². The van der Waals surface area contributed by atoms with Crippen molar-refractivity contribution in [2.75, 3.05) is 12.3 Å². The van der Waals surface area contributed by atoms with Crippen molar-refractivity contribution >= 4 is 15.7 Å². The molecule has 0 spiro atoms. The highest BCUT2D eigenvalue weighted by Gasteiger charge is 2.26. The number of amides is 1. The van der Waals surface area contributed by atoms with Crippen molar-refractivity contribution in [2.24, 2.45) is 11.7 Å². The van der Waals surface area contributed by atoms with Gasteiger partial charge in [-0.05, 0) is 30.9 Å². The zero-order valence-electron chi connectivity index (χ0n) is 12.0. The van der Waals surface area contributed by atoms with Gasteiger partial charge >= 0.3 is 0 Å². The van der Waals surface area contributed by atoms with E-state index in [4.69, 9.17) is 5.73 Å². The van der Waals surface area contributed by atoms with Crippen molar-refractivity contribution in [1.29, 1.82) is 0 Å². The molecular formula is C15H22N2O3S. The molecule has 0 saturated heterocycles. The smallest absolute Gasteiger partial charge is 0.220 e. The summed E-state index contributed by atoms with van der Waals surface area (Å²) in [6.45, 7) is 0.137. The molecule has 1 amide bonds. The maximum atomic E-state index is 12.0. The molecule has 0 heterocycles. The number of nitrogens with one attached hydrogen (secondary N) is 1. The predicted molar refractivity (Wildman–Crippen MR) is 81.4 cm³/mol. The molecule has 3 N–H and O–H groups in total. The molecule has 0 aromatic heterocycles. The Labute approximate surface area is 125 Å². The molecule has 21 heavy (non-hydrogen) atoms. The van der Waals surface area contributed by atoms with E-state index in [0.717, 1.165) is 19.3 Å². The summed E-state index contributed by atoms with van der Waals surface area (Å²) in [4.78, 5) is 12.1. The highest BCUT2D eigenvalue weighted by Crippen LogP contribution is 2.26. The number of nitrogens with two attached hydrogens (primary N) is 1. The minimum atomic E-state index is -3.33. The van der Waals surface area contributed by atoms with Crippen molar-refractivity contribution in [3.63, 3.8) is 0 Å². The second kappa shape index (κ2) is 7.04. The van der Waals surface area contributed by atoms with Crippen LogP contribution in [0, 0.1) is 5.92 Å². The van der Waals surface area contributed by atoms with E-state index in [-0.39, 0.29) is 35.1 Å². The quantitative estimate of drug-likeness (QED) is 0.823. The molecule has 0 aliphatic heterocycles. The third-order valence-electron chi connectivity index (χ3n) is 3.96. The summed E-state index contributed by atoms with van der Waals surface area (Å²) < 4.78 is 24.1. The van der Waals surface area contributed by atoms with Crippen LogP contribution in [0.15, 0.2) is 35.2 Å². The van der Waals surface area contributed by atoms with Gasteiger partial charge in [-0.2, -0.15) is 0 Å². The number of rotatable bonds is 6. The van der Waals surface area contributed by atoms with E-state index < -0.39 is 9.84 Å². The lowest BCUT2D eigenvalue weighted by molar-refractivity contribution is -0.121. The van der Waals surface area contributed by atoms with Crippen molar-refractivity contribution < 1.29 is 13.2 Å². The first kappa shape index (κ1) is 16.0. The Bertz CT molecular complexity index is 572. The molecule has 2 rings (SSSR count). The van der Waals surface area contributed by atoms with Gasteiger partial charge in [0.2, 0.25) is 5.91 Å². The van der Waals surface area contributed by atoms with Gasteiger partial charge in [-0.25, -0.2) is 8.42 Å². The molecule has 2 atom stereocenters. The maximum Gasteiger partial charge on any atom is 0.220 e. The lowest BCUT2D eigenvalue weighted by atomic mass is 10.00. The highest BCUT2D eigenvalue weighted by atomic mass is 32.2. The molecule has 1 aliphatic rings. The molecule has 6 heteroatoms. The van der Waals surface area contributed by atoms with E-state index in [1.165, 1.54) is 0 Å². The Kier molecular flexibility index (Phi) is 5.36. The fourth-order valence-electron chi connectivity index (χ4n) is 2.70. The lowest BCUT2D eigenvalue weighted by Crippen LogP contribution is -2.33. The number of hydrogen-bond acceptors (Lipinski definition) is 4. The summed E-state index contributed by atoms with van der Waals surface area (Å²) in [5.41, 5.74) is 5.93. The van der Waals surface area contributed by atoms with Crippen molar-refractivity contribution in [2.45, 2.75) is 36.6 Å². The second-order valence-electron chi connectivity index (χ2n) is 5.54. The molecule has 0 radical (unpaired) electrons. The summed E-state index contributed by atoms with van der Waals surface area (Å²) in [5.74, 6) is 0.0378. The fourth-order valence-corrected chi connectivity index (χ4v) is 3.88. The number of carbonyl (C=O) groups excluding carboxylic acids is 1. The zero-order valence-corrected chi connectivity index (χ0v) is 12.8. The molecular weight excluding hydrogens is 288 g/mol. The summed E-state index contributed by atoms with van der Waals surface area (Å²) >= 11 is 0. The predicted octanol–water partition coefficient (Wildman–Crippen LogP) is 1.09. The second-order valence-corrected chi connectivity index (χ2v) is 7.65. The van der Waals surface area contributed by atoms with Gasteiger partial charge in [0, 0.05) is 19.0 Å². The molecule has 1 aliphatic carbocycles. The van der Waals surface area contributed by atoms with Crippen molar-refractivity contribution in [1.82, 2.24) is 5.32 Å². The first-order valence-corrected chi connectivity index (χ1v) is 8.94. The van der Waals surface area contributed by atoms with E-state index in [9.17, 15) is 13.2 Å². The average molecular weight is 310 g/mol. The normalized spacial score (nSPS) is 22.1. The van der Waals surface area contributed by atoms with Crippen molar-refractivity contribution in [3.05, 3.63) is 30.3 Å². The third kappa shape index (κ3) is 4.54. The maximum absolute atomic E-state index is 12.0. The summed E-state index contributed by atoms with van der Waals surface area (Å²) in [6, 6.07) is 8.37. The Morgan fingerprint density at radius 2 is 1.95 bits per heavy atom. The number of hydrogen-bond donors (Lipinski definition) is 2. The van der Waals surface area contributed by atoms with Crippen LogP contribution >= 0.6 is 0 Å². The topological polar surface area (TPSA) is 89.3 Å². The number of benzene rings is 1. The average Bonchev–Trinajstić information content (AvgIpc) is 2.85. The molecule has 1 aromatic carbocycles. The molecule has 1 saturated carbocycles. The first-order chi connectivity index (χ1) is 9.99. The van der Waals surface area contributed by atoms with Gasteiger partial charge in [0.15, 0.2) is 9.84 Å². The van der Waals surface area contributed by atoms with Crippen LogP contribution in [-0.4, -0.2) is 32.7 Å². The van der Waals surface area contributed by atoms with E-state index >= 15 is 0 Å². The van der Waals surface area contributed by atoms with E-state index in [0.29, 0.717) is 6.42 Å². The molecule has 1 aromatic rings. The molecule has 0 unspecified atom stereocenters. The van der Waals surface area contributed by atoms with Crippen molar-refractivity contribution in [3.8, 4) is 0 Å². The zero-order chi connectivity index (χ0) is 15.3. The molecule has 0 bridgehead atoms. The summed E-state index contributed by atoms with van der Waals surface area (Å²) in [5, 5.41) is 2.68. The van der Waals surface area contributed by atoms with Crippen LogP contribution in [0.2, 0.25) is 0 Å². The monoisotopic (exact) mass is 310 g/mol. The SMILES string of the molecule is N[C@@H]1CCC[C@H]1CC(=O)NCCS(=O)(=O)c1ccccc1. The Balaban J connectivity index is 1.77. The van der Waals surface area contributed by atoms with Gasteiger partial charge in [0.1, 0.15) is 0 Å². The summed E-state index contributed by atoms with van der Waals surface area (Å²) in [7, 11) is -3.33. The van der Waals surface area contributed by atoms with Gasteiger partial charge in [-0.3, -0.25) is 4.79 Å². The van der Waals surface area contributed by atoms with Crippen LogP contribution in [-0.2, 0) is 14.6 Å². The van der Waals surface area contributed by atoms with E-state index in [1.807, 2.05) is 0 Å². The minimum Gasteiger partial charge on any atom is -0.355 e. The molecule has 1 fully saturated rings. The van der Waals surface area contributed by atoms with Crippen LogP contribution in [0.1, 0.15) is 25.7 Å². The third-order valence-corrected chi connectivity index (χ3v) is 5.69. The number of sulfone groups is 1. The van der Waals surface area contributed by atoms with Crippen LogP contribution in [0.5, 0.6) is 0 Å². The Hall–Kier alpha value is -1.40. The minimum absolute atomic E-state index is 0.0839. The van der Waals surface area contributed by atoms with Gasteiger partial charge in [0.05, 0.1) is 10.6 Å². The standard InChI is InChI=1S/C15H22N2O3S/c16-14-8-4-5-12(14)11-15(18)17-9-10-21(19,20)13-6-2-1-3-7-13/h1-3,6-7,12,14H,4-5,8-11,16H2,(H,17,18)/t12-,14+/m0/s1. The number of carbonyl (C=O) groups is 1. The van der Waals surface area contributed by atoms with E-state index in [2.05, 4.69) is 5.32 Å². The van der Waals surface area contributed by atoms with Gasteiger partial charge in [-0.1, -0.05) is 24.6 Å². The lowest BCUT2D eigenvalue weighted by Gasteiger charge is -2.14. The largest absolute Gasteiger partial charge is 0.355 e. The highest BCUT2D eigenvalue weighted by molar-refractivity contribution is 7.91. The van der Waals surface area contributed by atoms with Gasteiger partial charge in [-0.15, -0.1) is 0 Å². The molecule has 5 nitrogen and oxygen atoms in total.